The molecule has 0 aliphatic rings. The third kappa shape index (κ3) is 6.57. The van der Waals surface area contributed by atoms with Crippen LogP contribution in [0, 0.1) is 0 Å². The van der Waals surface area contributed by atoms with Crippen LogP contribution in [0.25, 0.3) is 0 Å². The van der Waals surface area contributed by atoms with Crippen molar-refractivity contribution < 1.29 is 14.7 Å². The van der Waals surface area contributed by atoms with Crippen LogP contribution in [0.3, 0.4) is 0 Å². The zero-order valence-electron chi connectivity index (χ0n) is 19.1. The van der Waals surface area contributed by atoms with Gasteiger partial charge in [0.15, 0.2) is 0 Å². The Morgan fingerprint density at radius 1 is 1.15 bits per heavy atom. The molecule has 0 radical (unpaired) electrons. The number of aromatic nitrogens is 2. The lowest BCUT2D eigenvalue weighted by atomic mass is 9.92. The quantitative estimate of drug-likeness (QED) is 0.271. The van der Waals surface area contributed by atoms with Crippen LogP contribution in [0.1, 0.15) is 59.0 Å². The third-order valence-corrected chi connectivity index (χ3v) is 6.02. The fraction of sp³-hybridized carbons (Fsp3) is 0.360. The highest BCUT2D eigenvalue weighted by molar-refractivity contribution is 5.96. The molecule has 3 rings (SSSR count). The highest BCUT2D eigenvalue weighted by Gasteiger charge is 2.21. The van der Waals surface area contributed by atoms with Gasteiger partial charge in [0.2, 0.25) is 0 Å². The number of carboxylic acids is 1. The SMILES string of the molecule is CC(c1ccc[nH]1)C(N)c1ccc(C(=O)N[C@@H](CCCNCc2cccn2C)C(=O)O)cc1. The molecule has 0 saturated carbocycles. The van der Waals surface area contributed by atoms with Gasteiger partial charge in [-0.3, -0.25) is 4.79 Å². The maximum Gasteiger partial charge on any atom is 0.326 e. The summed E-state index contributed by atoms with van der Waals surface area (Å²) in [4.78, 5) is 27.4. The molecular formula is C25H33N5O3. The van der Waals surface area contributed by atoms with E-state index in [1.54, 1.807) is 12.1 Å². The average Bonchev–Trinajstić information content (AvgIpc) is 3.49. The summed E-state index contributed by atoms with van der Waals surface area (Å²) < 4.78 is 2.03. The summed E-state index contributed by atoms with van der Waals surface area (Å²) in [5.74, 6) is -1.35. The minimum Gasteiger partial charge on any atom is -0.480 e. The first-order chi connectivity index (χ1) is 15.9. The molecule has 33 heavy (non-hydrogen) atoms. The number of benzene rings is 1. The smallest absolute Gasteiger partial charge is 0.326 e. The third-order valence-electron chi connectivity index (χ3n) is 6.02. The van der Waals surface area contributed by atoms with Crippen LogP contribution in [-0.2, 0) is 18.4 Å². The molecule has 0 bridgehead atoms. The molecule has 2 heterocycles. The number of rotatable bonds is 12. The van der Waals surface area contributed by atoms with E-state index in [1.165, 1.54) is 0 Å². The van der Waals surface area contributed by atoms with E-state index in [0.29, 0.717) is 31.5 Å². The van der Waals surface area contributed by atoms with Crippen LogP contribution in [0.2, 0.25) is 0 Å². The molecule has 6 N–H and O–H groups in total. The van der Waals surface area contributed by atoms with Gasteiger partial charge in [-0.15, -0.1) is 0 Å². The summed E-state index contributed by atoms with van der Waals surface area (Å²) in [5.41, 5.74) is 9.91. The Morgan fingerprint density at radius 3 is 2.52 bits per heavy atom. The zero-order chi connectivity index (χ0) is 23.8. The second kappa shape index (κ2) is 11.5. The maximum absolute atomic E-state index is 12.6. The molecule has 1 amide bonds. The number of nitrogens with one attached hydrogen (secondary N) is 3. The van der Waals surface area contributed by atoms with E-state index < -0.39 is 17.9 Å². The number of aliphatic carboxylic acids is 1. The number of nitrogens with zero attached hydrogens (tertiary/aromatic N) is 1. The molecule has 8 heteroatoms. The molecule has 0 aliphatic heterocycles. The molecule has 176 valence electrons. The molecule has 1 aromatic carbocycles. The second-order valence-electron chi connectivity index (χ2n) is 8.36. The van der Waals surface area contributed by atoms with Crippen molar-refractivity contribution in [2.24, 2.45) is 12.8 Å². The summed E-state index contributed by atoms with van der Waals surface area (Å²) in [6.45, 7) is 3.42. The minimum absolute atomic E-state index is 0.0892. The van der Waals surface area contributed by atoms with E-state index in [9.17, 15) is 14.7 Å². The molecule has 8 nitrogen and oxygen atoms in total. The number of nitrogens with two attached hydrogens (primary N) is 1. The Bertz CT molecular complexity index is 1030. The van der Waals surface area contributed by atoms with Crippen molar-refractivity contribution in [2.75, 3.05) is 6.54 Å². The number of amides is 1. The number of carbonyl (C=O) groups excluding carboxylic acids is 1. The number of aryl methyl sites for hydroxylation is 1. The van der Waals surface area contributed by atoms with Crippen LogP contribution in [0.15, 0.2) is 60.9 Å². The van der Waals surface area contributed by atoms with Crippen molar-refractivity contribution in [3.63, 3.8) is 0 Å². The lowest BCUT2D eigenvalue weighted by Gasteiger charge is -2.20. The van der Waals surface area contributed by atoms with Gasteiger partial charge in [0.25, 0.3) is 5.91 Å². The average molecular weight is 452 g/mol. The first kappa shape index (κ1) is 24.3. The van der Waals surface area contributed by atoms with Gasteiger partial charge in [0, 0.05) is 54.9 Å². The summed E-state index contributed by atoms with van der Waals surface area (Å²) in [6, 6.07) is 13.8. The highest BCUT2D eigenvalue weighted by atomic mass is 16.4. The Morgan fingerprint density at radius 2 is 1.91 bits per heavy atom. The van der Waals surface area contributed by atoms with E-state index in [2.05, 4.69) is 15.6 Å². The van der Waals surface area contributed by atoms with Gasteiger partial charge in [-0.2, -0.15) is 0 Å². The van der Waals surface area contributed by atoms with E-state index in [0.717, 1.165) is 17.0 Å². The number of H-pyrrole nitrogens is 1. The van der Waals surface area contributed by atoms with Crippen LogP contribution in [0.5, 0.6) is 0 Å². The lowest BCUT2D eigenvalue weighted by Crippen LogP contribution is -2.41. The van der Waals surface area contributed by atoms with Gasteiger partial charge in [-0.1, -0.05) is 19.1 Å². The van der Waals surface area contributed by atoms with Gasteiger partial charge in [-0.25, -0.2) is 4.79 Å². The molecule has 2 unspecified atom stereocenters. The Balaban J connectivity index is 1.49. The van der Waals surface area contributed by atoms with Gasteiger partial charge < -0.3 is 31.0 Å². The summed E-state index contributed by atoms with van der Waals surface area (Å²) in [7, 11) is 1.98. The van der Waals surface area contributed by atoms with Crippen LogP contribution in [0.4, 0.5) is 0 Å². The van der Waals surface area contributed by atoms with Crippen molar-refractivity contribution >= 4 is 11.9 Å². The Hall–Kier alpha value is -3.36. The highest BCUT2D eigenvalue weighted by Crippen LogP contribution is 2.27. The van der Waals surface area contributed by atoms with Crippen molar-refractivity contribution in [3.05, 3.63) is 83.4 Å². The summed E-state index contributed by atoms with van der Waals surface area (Å²) in [6.07, 6.45) is 4.82. The van der Waals surface area contributed by atoms with Gasteiger partial charge in [0.1, 0.15) is 6.04 Å². The van der Waals surface area contributed by atoms with Crippen molar-refractivity contribution in [2.45, 2.75) is 44.3 Å². The topological polar surface area (TPSA) is 125 Å². The number of carboxylic acid groups (broad SMARTS) is 1. The number of hydrogen-bond donors (Lipinski definition) is 5. The first-order valence-electron chi connectivity index (χ1n) is 11.2. The molecule has 0 fully saturated rings. The number of aromatic amines is 1. The predicted molar refractivity (Wildman–Crippen MR) is 128 cm³/mol. The van der Waals surface area contributed by atoms with E-state index in [1.807, 2.05) is 67.3 Å². The molecule has 0 spiro atoms. The molecule has 3 atom stereocenters. The standard InChI is InChI=1S/C25H33N5O3/c1-17(21-7-4-14-28-21)23(26)18-9-11-19(12-10-18)24(31)29-22(25(32)33)8-3-13-27-16-20-6-5-15-30(20)2/h4-7,9-12,14-15,17,22-23,27-28H,3,8,13,16,26H2,1-2H3,(H,29,31)(H,32,33)/t17?,22-,23?/m0/s1. The Labute approximate surface area is 194 Å². The van der Waals surface area contributed by atoms with Crippen molar-refractivity contribution in [1.29, 1.82) is 0 Å². The van der Waals surface area contributed by atoms with Crippen LogP contribution >= 0.6 is 0 Å². The molecule has 2 aromatic heterocycles. The van der Waals surface area contributed by atoms with Crippen molar-refractivity contribution in [3.8, 4) is 0 Å². The van der Waals surface area contributed by atoms with Crippen LogP contribution in [-0.4, -0.2) is 39.1 Å². The maximum atomic E-state index is 12.6. The monoisotopic (exact) mass is 451 g/mol. The minimum atomic E-state index is -1.04. The van der Waals surface area contributed by atoms with Crippen LogP contribution < -0.4 is 16.4 Å². The fourth-order valence-electron chi connectivity index (χ4n) is 3.79. The summed E-state index contributed by atoms with van der Waals surface area (Å²) >= 11 is 0. The second-order valence-corrected chi connectivity index (χ2v) is 8.36. The molecule has 0 saturated heterocycles. The predicted octanol–water partition coefficient (Wildman–Crippen LogP) is 2.91. The van der Waals surface area contributed by atoms with Gasteiger partial charge in [0.05, 0.1) is 0 Å². The Kier molecular flexibility index (Phi) is 8.46. The zero-order valence-corrected chi connectivity index (χ0v) is 19.1. The fourth-order valence-corrected chi connectivity index (χ4v) is 3.79. The van der Waals surface area contributed by atoms with E-state index in [4.69, 9.17) is 5.73 Å². The number of hydrogen-bond acceptors (Lipinski definition) is 4. The number of carbonyl (C=O) groups is 2. The van der Waals surface area contributed by atoms with E-state index >= 15 is 0 Å². The first-order valence-corrected chi connectivity index (χ1v) is 11.2. The summed E-state index contributed by atoms with van der Waals surface area (Å²) in [5, 5.41) is 15.5. The van der Waals surface area contributed by atoms with E-state index in [-0.39, 0.29) is 12.0 Å². The van der Waals surface area contributed by atoms with Crippen molar-refractivity contribution in [1.82, 2.24) is 20.2 Å². The normalized spacial score (nSPS) is 13.9. The molecule has 3 aromatic rings. The largest absolute Gasteiger partial charge is 0.480 e. The van der Waals surface area contributed by atoms with Gasteiger partial charge in [-0.05, 0) is 61.3 Å². The lowest BCUT2D eigenvalue weighted by molar-refractivity contribution is -0.139. The van der Waals surface area contributed by atoms with Gasteiger partial charge >= 0.3 is 5.97 Å². The molecule has 0 aliphatic carbocycles. The molecular weight excluding hydrogens is 418 g/mol.